The van der Waals surface area contributed by atoms with E-state index < -0.39 is 0 Å². The Morgan fingerprint density at radius 2 is 2.00 bits per heavy atom. The number of carbonyl (C=O) groups is 1. The lowest BCUT2D eigenvalue weighted by molar-refractivity contribution is -0.112. The highest BCUT2D eigenvalue weighted by molar-refractivity contribution is 5.88. The van der Waals surface area contributed by atoms with Crippen LogP contribution in [-0.2, 0) is 4.79 Å². The van der Waals surface area contributed by atoms with Crippen molar-refractivity contribution in [3.05, 3.63) is 24.0 Å². The molecule has 2 heteroatoms. The molecule has 0 saturated heterocycles. The van der Waals surface area contributed by atoms with Gasteiger partial charge in [-0.1, -0.05) is 6.58 Å². The van der Waals surface area contributed by atoms with Crippen LogP contribution in [-0.4, -0.2) is 10.9 Å². The lowest BCUT2D eigenvalue weighted by Crippen LogP contribution is -1.87. The van der Waals surface area contributed by atoms with E-state index in [9.17, 15) is 4.79 Å². The van der Waals surface area contributed by atoms with Crippen LogP contribution in [0.2, 0.25) is 0 Å². The van der Waals surface area contributed by atoms with Crippen LogP contribution in [0.5, 0.6) is 0 Å². The summed E-state index contributed by atoms with van der Waals surface area (Å²) in [5, 5.41) is 8.84. The molecule has 0 fully saturated rings. The third-order valence-electron chi connectivity index (χ3n) is 0.777. The van der Waals surface area contributed by atoms with Crippen LogP contribution in [0.15, 0.2) is 24.0 Å². The van der Waals surface area contributed by atoms with Crippen LogP contribution >= 0.6 is 0 Å². The number of ketones is 1. The van der Waals surface area contributed by atoms with Gasteiger partial charge in [-0.15, -0.1) is 0 Å². The van der Waals surface area contributed by atoms with E-state index in [1.807, 2.05) is 0 Å². The number of aliphatic hydroxyl groups is 1. The maximum atomic E-state index is 10.3. The van der Waals surface area contributed by atoms with Gasteiger partial charge >= 0.3 is 0 Å². The standard InChI is InChI=1S/C7H10O2/c1-5(2)7(9)4-6(3)8/h4,9H,1H2,2-3H3. The zero-order valence-electron chi connectivity index (χ0n) is 5.64. The molecule has 1 N–H and O–H groups in total. The molecule has 0 aliphatic rings. The minimum atomic E-state index is -0.171. The van der Waals surface area contributed by atoms with Crippen LogP contribution in [0.4, 0.5) is 0 Å². The van der Waals surface area contributed by atoms with Crippen LogP contribution < -0.4 is 0 Å². The van der Waals surface area contributed by atoms with Crippen molar-refractivity contribution in [2.24, 2.45) is 0 Å². The highest BCUT2D eigenvalue weighted by Crippen LogP contribution is 2.00. The predicted octanol–water partition coefficient (Wildman–Crippen LogP) is 1.59. The van der Waals surface area contributed by atoms with E-state index in [-0.39, 0.29) is 11.5 Å². The molecule has 0 saturated carbocycles. The van der Waals surface area contributed by atoms with Gasteiger partial charge < -0.3 is 5.11 Å². The number of rotatable bonds is 2. The van der Waals surface area contributed by atoms with Gasteiger partial charge in [0.25, 0.3) is 0 Å². The fraction of sp³-hybridized carbons (Fsp3) is 0.286. The van der Waals surface area contributed by atoms with Crippen LogP contribution in [0, 0.1) is 0 Å². The van der Waals surface area contributed by atoms with Crippen molar-refractivity contribution in [2.45, 2.75) is 13.8 Å². The molecular formula is C7H10O2. The summed E-state index contributed by atoms with van der Waals surface area (Å²) in [6, 6.07) is 0. The van der Waals surface area contributed by atoms with Crippen molar-refractivity contribution in [1.29, 1.82) is 0 Å². The first kappa shape index (κ1) is 7.95. The van der Waals surface area contributed by atoms with Crippen molar-refractivity contribution in [3.8, 4) is 0 Å². The van der Waals surface area contributed by atoms with E-state index in [0.29, 0.717) is 5.57 Å². The van der Waals surface area contributed by atoms with Crippen molar-refractivity contribution in [1.82, 2.24) is 0 Å². The molecule has 50 valence electrons. The first-order chi connectivity index (χ1) is 4.04. The van der Waals surface area contributed by atoms with Gasteiger partial charge in [-0.2, -0.15) is 0 Å². The van der Waals surface area contributed by atoms with E-state index >= 15 is 0 Å². The lowest BCUT2D eigenvalue weighted by atomic mass is 10.2. The average molecular weight is 126 g/mol. The molecule has 0 amide bonds. The minimum absolute atomic E-state index is 0.0394. The molecule has 0 aliphatic heterocycles. The van der Waals surface area contributed by atoms with Gasteiger partial charge in [-0.05, 0) is 19.4 Å². The largest absolute Gasteiger partial charge is 0.508 e. The molecule has 0 unspecified atom stereocenters. The Bertz CT molecular complexity index is 166. The van der Waals surface area contributed by atoms with Crippen molar-refractivity contribution < 1.29 is 9.90 Å². The van der Waals surface area contributed by atoms with Gasteiger partial charge in [0.05, 0.1) is 0 Å². The molecule has 0 aliphatic carbocycles. The Morgan fingerprint density at radius 1 is 1.56 bits per heavy atom. The molecule has 9 heavy (non-hydrogen) atoms. The molecule has 0 radical (unpaired) electrons. The first-order valence-corrected chi connectivity index (χ1v) is 2.61. The summed E-state index contributed by atoms with van der Waals surface area (Å²) in [6.45, 7) is 6.45. The second kappa shape index (κ2) is 3.07. The minimum Gasteiger partial charge on any atom is -0.508 e. The molecule has 0 rings (SSSR count). The quantitative estimate of drug-likeness (QED) is 0.346. The number of carbonyl (C=O) groups excluding carboxylic acids is 1. The predicted molar refractivity (Wildman–Crippen MR) is 36.2 cm³/mol. The van der Waals surface area contributed by atoms with Crippen molar-refractivity contribution in [3.63, 3.8) is 0 Å². The highest BCUT2D eigenvalue weighted by atomic mass is 16.3. The monoisotopic (exact) mass is 126 g/mol. The fourth-order valence-corrected chi connectivity index (χ4v) is 0.316. The smallest absolute Gasteiger partial charge is 0.156 e. The number of allylic oxidation sites excluding steroid dienone is 2. The summed E-state index contributed by atoms with van der Waals surface area (Å²) in [6.07, 6.45) is 1.14. The maximum Gasteiger partial charge on any atom is 0.156 e. The van der Waals surface area contributed by atoms with Crippen LogP contribution in [0.3, 0.4) is 0 Å². The van der Waals surface area contributed by atoms with Crippen LogP contribution in [0.1, 0.15) is 13.8 Å². The number of hydrogen-bond acceptors (Lipinski definition) is 2. The summed E-state index contributed by atoms with van der Waals surface area (Å²) in [4.78, 5) is 10.3. The number of aliphatic hydroxyl groups excluding tert-OH is 1. The second-order valence-corrected chi connectivity index (χ2v) is 1.92. The van der Waals surface area contributed by atoms with Gasteiger partial charge in [-0.3, -0.25) is 4.79 Å². The summed E-state index contributed by atoms with van der Waals surface area (Å²) in [5.74, 6) is -0.210. The van der Waals surface area contributed by atoms with E-state index in [4.69, 9.17) is 5.11 Å². The number of hydrogen-bond donors (Lipinski definition) is 1. The molecule has 0 heterocycles. The molecule has 0 atom stereocenters. The van der Waals surface area contributed by atoms with Gasteiger partial charge in [0.15, 0.2) is 5.78 Å². The summed E-state index contributed by atoms with van der Waals surface area (Å²) in [5.41, 5.74) is 0.505. The van der Waals surface area contributed by atoms with Gasteiger partial charge in [-0.25, -0.2) is 0 Å². The lowest BCUT2D eigenvalue weighted by Gasteiger charge is -1.92. The molecule has 0 aromatic heterocycles. The normalized spacial score (nSPS) is 11.1. The topological polar surface area (TPSA) is 37.3 Å². The third kappa shape index (κ3) is 3.53. The molecule has 2 nitrogen and oxygen atoms in total. The van der Waals surface area contributed by atoms with Crippen molar-refractivity contribution >= 4 is 5.78 Å². The van der Waals surface area contributed by atoms with Crippen molar-refractivity contribution in [2.75, 3.05) is 0 Å². The van der Waals surface area contributed by atoms with E-state index in [0.717, 1.165) is 6.08 Å². The molecule has 0 aromatic carbocycles. The Hall–Kier alpha value is -1.05. The van der Waals surface area contributed by atoms with Gasteiger partial charge in [0.1, 0.15) is 5.76 Å². The Kier molecular flexibility index (Phi) is 2.71. The SMILES string of the molecule is C=C(C)C(O)=CC(C)=O. The summed E-state index contributed by atoms with van der Waals surface area (Å²) < 4.78 is 0. The molecule has 0 bridgehead atoms. The average Bonchev–Trinajstić information content (AvgIpc) is 1.63. The molecular weight excluding hydrogens is 116 g/mol. The van der Waals surface area contributed by atoms with Gasteiger partial charge in [0, 0.05) is 6.08 Å². The molecule has 0 aromatic rings. The Balaban J connectivity index is 4.17. The fourth-order valence-electron chi connectivity index (χ4n) is 0.316. The van der Waals surface area contributed by atoms with E-state index in [1.54, 1.807) is 6.92 Å². The third-order valence-corrected chi connectivity index (χ3v) is 0.777. The zero-order valence-corrected chi connectivity index (χ0v) is 5.64. The van der Waals surface area contributed by atoms with E-state index in [1.165, 1.54) is 6.92 Å². The Morgan fingerprint density at radius 3 is 2.11 bits per heavy atom. The second-order valence-electron chi connectivity index (χ2n) is 1.92. The summed E-state index contributed by atoms with van der Waals surface area (Å²) in [7, 11) is 0. The van der Waals surface area contributed by atoms with E-state index in [2.05, 4.69) is 6.58 Å². The highest BCUT2D eigenvalue weighted by Gasteiger charge is 1.93. The van der Waals surface area contributed by atoms with Gasteiger partial charge in [0.2, 0.25) is 0 Å². The maximum absolute atomic E-state index is 10.3. The molecule has 0 spiro atoms. The summed E-state index contributed by atoms with van der Waals surface area (Å²) >= 11 is 0. The zero-order chi connectivity index (χ0) is 7.44. The Labute approximate surface area is 54.5 Å². The van der Waals surface area contributed by atoms with Crippen LogP contribution in [0.25, 0.3) is 0 Å². The first-order valence-electron chi connectivity index (χ1n) is 2.61.